The Bertz CT molecular complexity index is 1010. The Morgan fingerprint density at radius 2 is 1.82 bits per heavy atom. The second-order valence-electron chi connectivity index (χ2n) is 10.1. The predicted molar refractivity (Wildman–Crippen MR) is 138 cm³/mol. The van der Waals surface area contributed by atoms with E-state index in [0.29, 0.717) is 21.5 Å². The van der Waals surface area contributed by atoms with Crippen molar-refractivity contribution >= 4 is 29.1 Å². The van der Waals surface area contributed by atoms with Crippen LogP contribution < -0.4 is 10.1 Å². The first-order valence-corrected chi connectivity index (χ1v) is 13.6. The summed E-state index contributed by atoms with van der Waals surface area (Å²) < 4.78 is 5.77. The Balaban J connectivity index is 1.03. The first-order chi connectivity index (χ1) is 16.6. The number of ether oxygens (including phenoxy) is 1. The van der Waals surface area contributed by atoms with Crippen molar-refractivity contribution in [1.82, 2.24) is 10.2 Å². The van der Waals surface area contributed by atoms with Gasteiger partial charge in [-0.15, -0.1) is 0 Å². The number of likely N-dealkylation sites (tertiary alicyclic amines) is 1. The van der Waals surface area contributed by atoms with Gasteiger partial charge < -0.3 is 15.0 Å². The largest absolute Gasteiger partial charge is 0.493 e. The van der Waals surface area contributed by atoms with Gasteiger partial charge in [-0.05, 0) is 106 Å². The van der Waals surface area contributed by atoms with Crippen molar-refractivity contribution in [1.29, 1.82) is 0 Å². The Labute approximate surface area is 213 Å². The van der Waals surface area contributed by atoms with E-state index in [0.717, 1.165) is 37.5 Å². The summed E-state index contributed by atoms with van der Waals surface area (Å²) in [7, 11) is 0. The minimum Gasteiger partial charge on any atom is -0.493 e. The molecule has 2 heterocycles. The second kappa shape index (κ2) is 10.9. The molecule has 34 heavy (non-hydrogen) atoms. The zero-order valence-corrected chi connectivity index (χ0v) is 21.2. The molecule has 2 aliphatic heterocycles. The lowest BCUT2D eigenvalue weighted by molar-refractivity contribution is 0.0919. The van der Waals surface area contributed by atoms with Crippen molar-refractivity contribution < 1.29 is 9.53 Å². The molecular weight excluding hydrogens is 467 g/mol. The first kappa shape index (κ1) is 24.0. The molecule has 0 spiro atoms. The predicted octanol–water partition coefficient (Wildman–Crippen LogP) is 6.49. The number of benzene rings is 2. The number of hydrogen-bond donors (Lipinski definition) is 1. The summed E-state index contributed by atoms with van der Waals surface area (Å²) in [6.45, 7) is 4.43. The molecule has 0 unspecified atom stereocenters. The molecule has 2 aromatic carbocycles. The molecule has 1 N–H and O–H groups in total. The molecule has 2 fully saturated rings. The number of carbonyl (C=O) groups excluding carboxylic acids is 1. The molecule has 0 atom stereocenters. The summed E-state index contributed by atoms with van der Waals surface area (Å²) in [5.74, 6) is 2.47. The summed E-state index contributed by atoms with van der Waals surface area (Å²) in [6, 6.07) is 11.9. The van der Waals surface area contributed by atoms with E-state index in [9.17, 15) is 4.79 Å². The van der Waals surface area contributed by atoms with Gasteiger partial charge in [0.2, 0.25) is 0 Å². The maximum Gasteiger partial charge on any atom is 0.253 e. The molecule has 1 saturated carbocycles. The van der Waals surface area contributed by atoms with Crippen LogP contribution in [0.5, 0.6) is 5.75 Å². The number of carbonyl (C=O) groups is 1. The summed E-state index contributed by atoms with van der Waals surface area (Å²) in [5.41, 5.74) is 3.50. The van der Waals surface area contributed by atoms with Gasteiger partial charge in [-0.1, -0.05) is 35.3 Å². The number of nitrogens with one attached hydrogen (secondary N) is 1. The average Bonchev–Trinajstić information content (AvgIpc) is 3.33. The normalized spacial score (nSPS) is 23.4. The Morgan fingerprint density at radius 1 is 1.03 bits per heavy atom. The van der Waals surface area contributed by atoms with Gasteiger partial charge in [-0.3, -0.25) is 4.79 Å². The molecule has 1 aliphatic carbocycles. The number of rotatable bonds is 6. The Morgan fingerprint density at radius 3 is 2.59 bits per heavy atom. The first-order valence-electron chi connectivity index (χ1n) is 12.8. The Hall–Kier alpha value is -1.75. The lowest BCUT2D eigenvalue weighted by Crippen LogP contribution is -2.39. The van der Waals surface area contributed by atoms with E-state index in [4.69, 9.17) is 27.9 Å². The fraction of sp³-hybridized carbons (Fsp3) is 0.536. The molecule has 0 radical (unpaired) electrons. The van der Waals surface area contributed by atoms with E-state index < -0.39 is 0 Å². The minimum atomic E-state index is -0.0939. The second-order valence-corrected chi connectivity index (χ2v) is 11.0. The van der Waals surface area contributed by atoms with Gasteiger partial charge in [0.15, 0.2) is 0 Å². The smallest absolute Gasteiger partial charge is 0.253 e. The monoisotopic (exact) mass is 500 g/mol. The molecule has 0 aromatic heterocycles. The van der Waals surface area contributed by atoms with Crippen LogP contribution in [0, 0.1) is 5.92 Å². The molecule has 3 aliphatic rings. The number of hydrogen-bond acceptors (Lipinski definition) is 3. The highest BCUT2D eigenvalue weighted by atomic mass is 35.5. The summed E-state index contributed by atoms with van der Waals surface area (Å²) >= 11 is 12.1. The van der Waals surface area contributed by atoms with E-state index in [1.54, 1.807) is 18.2 Å². The molecule has 5 rings (SSSR count). The van der Waals surface area contributed by atoms with Gasteiger partial charge in [0.05, 0.1) is 17.2 Å². The van der Waals surface area contributed by atoms with Crippen LogP contribution in [-0.2, 0) is 6.42 Å². The van der Waals surface area contributed by atoms with Gasteiger partial charge in [-0.2, -0.15) is 0 Å². The van der Waals surface area contributed by atoms with Gasteiger partial charge >= 0.3 is 0 Å². The highest BCUT2D eigenvalue weighted by Gasteiger charge is 2.27. The van der Waals surface area contributed by atoms with Crippen molar-refractivity contribution in [3.8, 4) is 5.75 Å². The summed E-state index contributed by atoms with van der Waals surface area (Å²) in [5, 5.41) is 4.13. The van der Waals surface area contributed by atoms with Gasteiger partial charge in [-0.25, -0.2) is 0 Å². The lowest BCUT2D eigenvalue weighted by atomic mass is 9.83. The highest BCUT2D eigenvalue weighted by molar-refractivity contribution is 6.36. The molecule has 0 bridgehead atoms. The maximum absolute atomic E-state index is 12.6. The van der Waals surface area contributed by atoms with E-state index in [2.05, 4.69) is 28.4 Å². The van der Waals surface area contributed by atoms with E-state index in [-0.39, 0.29) is 11.9 Å². The quantitative estimate of drug-likeness (QED) is 0.492. The molecular formula is C28H34Cl2N2O2. The zero-order chi connectivity index (χ0) is 23.5. The zero-order valence-electron chi connectivity index (χ0n) is 19.7. The van der Waals surface area contributed by atoms with Crippen LogP contribution in [0.3, 0.4) is 0 Å². The van der Waals surface area contributed by atoms with Crippen molar-refractivity contribution in [2.75, 3.05) is 26.2 Å². The third kappa shape index (κ3) is 5.56. The van der Waals surface area contributed by atoms with Crippen LogP contribution in [0.1, 0.15) is 72.3 Å². The number of nitrogens with zero attached hydrogens (tertiary/aromatic N) is 1. The highest BCUT2D eigenvalue weighted by Crippen LogP contribution is 2.37. The summed E-state index contributed by atoms with van der Waals surface area (Å²) in [4.78, 5) is 15.3. The van der Waals surface area contributed by atoms with E-state index >= 15 is 0 Å². The maximum atomic E-state index is 12.6. The minimum absolute atomic E-state index is 0.0939. The third-order valence-electron chi connectivity index (χ3n) is 8.02. The molecule has 6 heteroatoms. The van der Waals surface area contributed by atoms with E-state index in [1.165, 1.54) is 62.9 Å². The molecule has 4 nitrogen and oxygen atoms in total. The third-order valence-corrected chi connectivity index (χ3v) is 8.57. The number of piperidine rings is 1. The van der Waals surface area contributed by atoms with Crippen LogP contribution >= 0.6 is 23.2 Å². The van der Waals surface area contributed by atoms with Gasteiger partial charge in [0.25, 0.3) is 5.91 Å². The number of halogens is 2. The Kier molecular flexibility index (Phi) is 7.67. The van der Waals surface area contributed by atoms with Crippen molar-refractivity contribution in [2.24, 2.45) is 5.92 Å². The number of fused-ring (bicyclic) bond motifs is 1. The van der Waals surface area contributed by atoms with Crippen LogP contribution in [0.4, 0.5) is 0 Å². The fourth-order valence-corrected chi connectivity index (χ4v) is 6.49. The van der Waals surface area contributed by atoms with Crippen LogP contribution in [0.2, 0.25) is 10.0 Å². The fourth-order valence-electron chi connectivity index (χ4n) is 6.00. The van der Waals surface area contributed by atoms with Crippen molar-refractivity contribution in [3.63, 3.8) is 0 Å². The van der Waals surface area contributed by atoms with Crippen LogP contribution in [0.15, 0.2) is 36.4 Å². The standard InChI is InChI=1S/C28H34Cl2N2O2/c29-21-6-9-25(26(30)18-21)28(33)31-22-7-4-19(5-8-22)10-14-32-15-11-20(12-16-32)23-2-1-3-27-24(23)13-17-34-27/h1-3,6,9,18-20,22H,4-5,7-8,10-17H2,(H,31,33)/t19-,22-. The number of amides is 1. The van der Waals surface area contributed by atoms with E-state index in [1.807, 2.05) is 0 Å². The molecule has 1 amide bonds. The molecule has 1 saturated heterocycles. The SMILES string of the molecule is O=C(N[C@H]1CC[C@H](CCN2CCC(c3cccc4c3CCO4)CC2)CC1)c1ccc(Cl)cc1Cl. The topological polar surface area (TPSA) is 41.6 Å². The van der Waals surface area contributed by atoms with Crippen LogP contribution in [0.25, 0.3) is 0 Å². The lowest BCUT2D eigenvalue weighted by Gasteiger charge is -2.35. The van der Waals surface area contributed by atoms with Gasteiger partial charge in [0, 0.05) is 23.0 Å². The van der Waals surface area contributed by atoms with Crippen molar-refractivity contribution in [3.05, 3.63) is 63.1 Å². The van der Waals surface area contributed by atoms with Crippen LogP contribution in [-0.4, -0.2) is 43.1 Å². The van der Waals surface area contributed by atoms with Crippen molar-refractivity contribution in [2.45, 2.75) is 63.3 Å². The molecule has 2 aromatic rings. The summed E-state index contributed by atoms with van der Waals surface area (Å²) in [6.07, 6.45) is 9.31. The average molecular weight is 501 g/mol. The molecule has 182 valence electrons. The van der Waals surface area contributed by atoms with Gasteiger partial charge in [0.1, 0.15) is 5.75 Å².